The molecule has 1 aromatic rings. The summed E-state index contributed by atoms with van der Waals surface area (Å²) < 4.78 is 64.7. The van der Waals surface area contributed by atoms with E-state index in [1.807, 2.05) is 0 Å². The van der Waals surface area contributed by atoms with Gasteiger partial charge in [0.25, 0.3) is 0 Å². The lowest BCUT2D eigenvalue weighted by atomic mass is 9.72. The van der Waals surface area contributed by atoms with Gasteiger partial charge in [-0.15, -0.1) is 0 Å². The predicted octanol–water partition coefficient (Wildman–Crippen LogP) is 7.24. The summed E-state index contributed by atoms with van der Waals surface area (Å²) in [5, 5.41) is 0. The molecule has 1 aliphatic carbocycles. The van der Waals surface area contributed by atoms with Gasteiger partial charge in [0.2, 0.25) is 5.82 Å². The van der Waals surface area contributed by atoms with Gasteiger partial charge < -0.3 is 9.47 Å². The van der Waals surface area contributed by atoms with Crippen LogP contribution in [0.5, 0.6) is 5.75 Å². The zero-order valence-corrected chi connectivity index (χ0v) is 17.6. The number of hydrogen-bond donors (Lipinski definition) is 0. The molecule has 1 saturated carbocycles. The summed E-state index contributed by atoms with van der Waals surface area (Å²) in [5.74, 6) is -0.941. The zero-order chi connectivity index (χ0) is 21.5. The Labute approximate surface area is 176 Å². The fourth-order valence-electron chi connectivity index (χ4n) is 4.93. The topological polar surface area (TPSA) is 18.5 Å². The van der Waals surface area contributed by atoms with E-state index in [2.05, 4.69) is 0 Å². The molecule has 3 rings (SSSR count). The molecule has 1 aliphatic heterocycles. The molecule has 30 heavy (non-hydrogen) atoms. The fraction of sp³-hybridized carbons (Fsp3) is 0.667. The van der Waals surface area contributed by atoms with E-state index in [9.17, 15) is 17.6 Å². The summed E-state index contributed by atoms with van der Waals surface area (Å²) in [4.78, 5) is 0. The van der Waals surface area contributed by atoms with Crippen LogP contribution in [0, 0.1) is 29.4 Å². The number of ether oxygens (including phenoxy) is 2. The second-order valence-electron chi connectivity index (χ2n) is 8.52. The van der Waals surface area contributed by atoms with E-state index < -0.39 is 30.2 Å². The predicted molar refractivity (Wildman–Crippen MR) is 109 cm³/mol. The highest BCUT2D eigenvalue weighted by Crippen LogP contribution is 2.42. The normalized spacial score (nSPS) is 27.8. The number of allylic oxidation sites excluding steroid dienone is 2. The van der Waals surface area contributed by atoms with Crippen molar-refractivity contribution in [1.29, 1.82) is 0 Å². The highest BCUT2D eigenvalue weighted by Gasteiger charge is 2.33. The van der Waals surface area contributed by atoms with Gasteiger partial charge in [-0.3, -0.25) is 0 Å². The smallest absolute Gasteiger partial charge is 0.200 e. The maximum Gasteiger partial charge on any atom is 0.200 e. The molecule has 6 heteroatoms. The largest absolute Gasteiger partial charge is 0.491 e. The molecular formula is C24H32F4O2. The van der Waals surface area contributed by atoms with Crippen LogP contribution in [0.1, 0.15) is 70.0 Å². The molecule has 2 atom stereocenters. The summed E-state index contributed by atoms with van der Waals surface area (Å²) in [6.07, 6.45) is 8.53. The van der Waals surface area contributed by atoms with Gasteiger partial charge >= 0.3 is 0 Å². The summed E-state index contributed by atoms with van der Waals surface area (Å²) in [6, 6.07) is 3.04. The van der Waals surface area contributed by atoms with E-state index in [1.54, 1.807) is 13.0 Å². The molecule has 0 spiro atoms. The number of halogens is 4. The Morgan fingerprint density at radius 3 is 2.43 bits per heavy atom. The first kappa shape index (κ1) is 23.1. The number of rotatable bonds is 8. The summed E-state index contributed by atoms with van der Waals surface area (Å²) >= 11 is 0. The van der Waals surface area contributed by atoms with Crippen molar-refractivity contribution < 1.29 is 27.0 Å². The number of hydrogen-bond acceptors (Lipinski definition) is 2. The highest BCUT2D eigenvalue weighted by molar-refractivity contribution is 5.32. The summed E-state index contributed by atoms with van der Waals surface area (Å²) in [6.45, 7) is 1.57. The lowest BCUT2D eigenvalue weighted by molar-refractivity contribution is -0.0421. The second kappa shape index (κ2) is 11.2. The van der Waals surface area contributed by atoms with E-state index in [4.69, 9.17) is 9.47 Å². The molecule has 0 radical (unpaired) electrons. The van der Waals surface area contributed by atoms with Crippen LogP contribution >= 0.6 is 0 Å². The summed E-state index contributed by atoms with van der Waals surface area (Å²) in [5.41, 5.74) is 0.270. The van der Waals surface area contributed by atoms with Gasteiger partial charge in [-0.25, -0.2) is 13.2 Å². The third-order valence-corrected chi connectivity index (χ3v) is 6.66. The molecule has 1 aromatic carbocycles. The molecule has 0 N–H and O–H groups in total. The first-order chi connectivity index (χ1) is 14.5. The van der Waals surface area contributed by atoms with Gasteiger partial charge in [0, 0.05) is 5.56 Å². The Balaban J connectivity index is 1.46. The van der Waals surface area contributed by atoms with Crippen molar-refractivity contribution in [2.24, 2.45) is 17.8 Å². The summed E-state index contributed by atoms with van der Waals surface area (Å²) in [7, 11) is 0. The van der Waals surface area contributed by atoms with Crippen molar-refractivity contribution in [1.82, 2.24) is 0 Å². The highest BCUT2D eigenvalue weighted by atomic mass is 19.2. The average Bonchev–Trinajstić information content (AvgIpc) is 2.78. The molecule has 0 aromatic heterocycles. The quantitative estimate of drug-likeness (QED) is 0.406. The lowest BCUT2D eigenvalue weighted by Crippen LogP contribution is -2.30. The van der Waals surface area contributed by atoms with Gasteiger partial charge in [0.05, 0.1) is 19.3 Å². The van der Waals surface area contributed by atoms with Crippen molar-refractivity contribution in [2.45, 2.75) is 64.4 Å². The van der Waals surface area contributed by atoms with Gasteiger partial charge in [-0.05, 0) is 75.3 Å². The van der Waals surface area contributed by atoms with E-state index >= 15 is 0 Å². The van der Waals surface area contributed by atoms with Crippen LogP contribution in [-0.2, 0) is 4.74 Å². The van der Waals surface area contributed by atoms with Crippen LogP contribution < -0.4 is 4.74 Å². The molecule has 2 fully saturated rings. The Morgan fingerprint density at radius 2 is 1.80 bits per heavy atom. The van der Waals surface area contributed by atoms with Crippen LogP contribution in [0.2, 0.25) is 0 Å². The molecule has 168 valence electrons. The van der Waals surface area contributed by atoms with Crippen molar-refractivity contribution >= 4 is 0 Å². The van der Waals surface area contributed by atoms with Crippen molar-refractivity contribution in [3.8, 4) is 5.75 Å². The maximum absolute atomic E-state index is 14.5. The zero-order valence-electron chi connectivity index (χ0n) is 17.6. The molecule has 2 unspecified atom stereocenters. The van der Waals surface area contributed by atoms with Gasteiger partial charge in [0.1, 0.15) is 12.5 Å². The van der Waals surface area contributed by atoms with Crippen molar-refractivity contribution in [3.05, 3.63) is 41.2 Å². The SMILES string of the molecule is CCOc1ccc(C2CCC(C3CCC(CC/C=C(\F)CF)CC3)CO2)c(F)c1F. The van der Waals surface area contributed by atoms with E-state index in [1.165, 1.54) is 12.1 Å². The maximum atomic E-state index is 14.5. The van der Waals surface area contributed by atoms with Crippen LogP contribution in [0.25, 0.3) is 0 Å². The second-order valence-corrected chi connectivity index (χ2v) is 8.52. The minimum atomic E-state index is -1.01. The van der Waals surface area contributed by atoms with Gasteiger partial charge in [-0.1, -0.05) is 18.9 Å². The Kier molecular flexibility index (Phi) is 8.61. The molecule has 2 nitrogen and oxygen atoms in total. The minimum Gasteiger partial charge on any atom is -0.491 e. The number of benzene rings is 1. The van der Waals surface area contributed by atoms with E-state index in [0.717, 1.165) is 38.5 Å². The Hall–Kier alpha value is -1.56. The standard InChI is InChI=1S/C24H32F4O2/c1-2-29-22-13-11-20(23(27)24(22)28)21-12-10-18(15-30-21)17-8-6-16(7-9-17)4-3-5-19(26)14-25/h5,11,13,16-18,21H,2-4,6-10,12,14-15H2,1H3/b19-5-. The third kappa shape index (κ3) is 5.77. The first-order valence-electron chi connectivity index (χ1n) is 11.2. The fourth-order valence-corrected chi connectivity index (χ4v) is 4.93. The van der Waals surface area contributed by atoms with Crippen molar-refractivity contribution in [2.75, 3.05) is 19.9 Å². The minimum absolute atomic E-state index is 0.0629. The van der Waals surface area contributed by atoms with Gasteiger partial charge in [-0.2, -0.15) is 4.39 Å². The molecule has 0 amide bonds. The lowest BCUT2D eigenvalue weighted by Gasteiger charge is -2.38. The third-order valence-electron chi connectivity index (χ3n) is 6.66. The molecule has 2 aliphatic rings. The monoisotopic (exact) mass is 428 g/mol. The molecule has 1 saturated heterocycles. The van der Waals surface area contributed by atoms with Crippen LogP contribution in [0.3, 0.4) is 0 Å². The first-order valence-corrected chi connectivity index (χ1v) is 11.2. The van der Waals surface area contributed by atoms with E-state index in [-0.39, 0.29) is 17.9 Å². The Morgan fingerprint density at radius 1 is 1.07 bits per heavy atom. The molecule has 0 bridgehead atoms. The van der Waals surface area contributed by atoms with Gasteiger partial charge in [0.15, 0.2) is 11.6 Å². The average molecular weight is 429 g/mol. The van der Waals surface area contributed by atoms with Crippen LogP contribution in [-0.4, -0.2) is 19.9 Å². The van der Waals surface area contributed by atoms with Crippen LogP contribution in [0.4, 0.5) is 17.6 Å². The van der Waals surface area contributed by atoms with Crippen LogP contribution in [0.15, 0.2) is 24.0 Å². The molecular weight excluding hydrogens is 396 g/mol. The molecule has 1 heterocycles. The van der Waals surface area contributed by atoms with E-state index in [0.29, 0.717) is 37.2 Å². The van der Waals surface area contributed by atoms with Crippen molar-refractivity contribution in [3.63, 3.8) is 0 Å². The Bertz CT molecular complexity index is 705. The number of alkyl halides is 1.